The molecule has 0 aromatic heterocycles. The zero-order chi connectivity index (χ0) is 20.3. The summed E-state index contributed by atoms with van der Waals surface area (Å²) in [5.74, 6) is -0.977. The molecule has 7 heteroatoms. The van der Waals surface area contributed by atoms with Crippen molar-refractivity contribution in [2.24, 2.45) is 0 Å². The first-order valence-corrected chi connectivity index (χ1v) is 9.57. The molecular formula is C22H21N3O4. The van der Waals surface area contributed by atoms with E-state index >= 15 is 0 Å². The van der Waals surface area contributed by atoms with Crippen LogP contribution in [0.3, 0.4) is 0 Å². The highest BCUT2D eigenvalue weighted by Gasteiger charge is 2.40. The van der Waals surface area contributed by atoms with Gasteiger partial charge in [0, 0.05) is 42.7 Å². The fourth-order valence-electron chi connectivity index (χ4n) is 3.68. The number of carbonyl (C=O) groups excluding carboxylic acids is 2. The average Bonchev–Trinajstić information content (AvgIpc) is 3.22. The lowest BCUT2D eigenvalue weighted by atomic mass is 10.0. The molecule has 0 saturated carbocycles. The molecule has 7 nitrogen and oxygen atoms in total. The lowest BCUT2D eigenvalue weighted by Crippen LogP contribution is -2.47. The van der Waals surface area contributed by atoms with Crippen LogP contribution >= 0.6 is 0 Å². The fraction of sp³-hybridized carbons (Fsp3) is 0.318. The summed E-state index contributed by atoms with van der Waals surface area (Å²) in [6.07, 6.45) is 1.29. The highest BCUT2D eigenvalue weighted by atomic mass is 16.7. The molecule has 0 unspecified atom stereocenters. The van der Waals surface area contributed by atoms with E-state index < -0.39 is 5.79 Å². The first kappa shape index (κ1) is 19.1. The van der Waals surface area contributed by atoms with E-state index in [0.29, 0.717) is 61.5 Å². The molecule has 2 heterocycles. The van der Waals surface area contributed by atoms with Crippen LogP contribution in [0.5, 0.6) is 0 Å². The van der Waals surface area contributed by atoms with Crippen LogP contribution in [0.1, 0.15) is 39.1 Å². The lowest BCUT2D eigenvalue weighted by molar-refractivity contribution is -0.181. The van der Waals surface area contributed by atoms with Gasteiger partial charge in [-0.15, -0.1) is 0 Å². The van der Waals surface area contributed by atoms with Gasteiger partial charge in [-0.25, -0.2) is 0 Å². The van der Waals surface area contributed by atoms with E-state index in [1.807, 2.05) is 6.07 Å². The second-order valence-corrected chi connectivity index (χ2v) is 7.13. The van der Waals surface area contributed by atoms with Crippen molar-refractivity contribution in [1.29, 1.82) is 5.26 Å². The number of nitrogens with zero attached hydrogens (tertiary/aromatic N) is 2. The Hall–Kier alpha value is -3.21. The van der Waals surface area contributed by atoms with E-state index in [0.717, 1.165) is 0 Å². The number of hydrogen-bond acceptors (Lipinski definition) is 5. The van der Waals surface area contributed by atoms with Crippen molar-refractivity contribution >= 4 is 17.5 Å². The first-order chi connectivity index (χ1) is 14.1. The zero-order valence-corrected chi connectivity index (χ0v) is 15.9. The lowest BCUT2D eigenvalue weighted by Gasteiger charge is -2.37. The number of benzene rings is 2. The molecule has 0 atom stereocenters. The van der Waals surface area contributed by atoms with Crippen molar-refractivity contribution in [3.05, 3.63) is 65.2 Å². The molecule has 0 radical (unpaired) electrons. The third kappa shape index (κ3) is 4.14. The largest absolute Gasteiger partial charge is 0.347 e. The average molecular weight is 391 g/mol. The van der Waals surface area contributed by atoms with Gasteiger partial charge in [-0.2, -0.15) is 5.26 Å². The molecule has 2 aromatic rings. The van der Waals surface area contributed by atoms with Crippen LogP contribution in [0, 0.1) is 11.3 Å². The minimum Gasteiger partial charge on any atom is -0.347 e. The summed E-state index contributed by atoms with van der Waals surface area (Å²) in [6, 6.07) is 15.4. The Balaban J connectivity index is 1.43. The summed E-state index contributed by atoms with van der Waals surface area (Å²) in [4.78, 5) is 27.2. The van der Waals surface area contributed by atoms with Gasteiger partial charge in [0.05, 0.1) is 24.8 Å². The fourth-order valence-corrected chi connectivity index (χ4v) is 3.68. The van der Waals surface area contributed by atoms with Gasteiger partial charge in [0.1, 0.15) is 0 Å². The van der Waals surface area contributed by atoms with Crippen LogP contribution in [-0.2, 0) is 9.47 Å². The maximum atomic E-state index is 12.9. The Morgan fingerprint density at radius 3 is 2.41 bits per heavy atom. The molecule has 2 fully saturated rings. The van der Waals surface area contributed by atoms with E-state index in [2.05, 4.69) is 5.32 Å². The third-order valence-corrected chi connectivity index (χ3v) is 5.25. The molecule has 2 saturated heterocycles. The summed E-state index contributed by atoms with van der Waals surface area (Å²) < 4.78 is 11.4. The number of nitrogens with one attached hydrogen (secondary N) is 1. The molecule has 148 valence electrons. The number of carbonyl (C=O) groups is 2. The standard InChI is InChI=1S/C22H21N3O4/c23-15-16-3-1-6-19(13-16)24-20(26)17-4-2-5-18(14-17)21(27)25-9-7-22(8-10-25)28-11-12-29-22/h1-6,13-14H,7-12H2,(H,24,26). The summed E-state index contributed by atoms with van der Waals surface area (Å²) >= 11 is 0. The summed E-state index contributed by atoms with van der Waals surface area (Å²) in [5, 5.41) is 11.7. The number of ether oxygens (including phenoxy) is 2. The first-order valence-electron chi connectivity index (χ1n) is 9.57. The van der Waals surface area contributed by atoms with Gasteiger partial charge in [-0.05, 0) is 36.4 Å². The Bertz CT molecular complexity index is 966. The summed E-state index contributed by atoms with van der Waals surface area (Å²) in [5.41, 5.74) is 1.84. The van der Waals surface area contributed by atoms with Gasteiger partial charge in [-0.1, -0.05) is 12.1 Å². The van der Waals surface area contributed by atoms with Crippen LogP contribution in [0.2, 0.25) is 0 Å². The molecule has 2 amide bonds. The Morgan fingerprint density at radius 1 is 1.00 bits per heavy atom. The van der Waals surface area contributed by atoms with Crippen LogP contribution in [0.25, 0.3) is 0 Å². The Morgan fingerprint density at radius 2 is 1.69 bits per heavy atom. The van der Waals surface area contributed by atoms with Crippen molar-refractivity contribution in [2.45, 2.75) is 18.6 Å². The molecule has 29 heavy (non-hydrogen) atoms. The van der Waals surface area contributed by atoms with E-state index in [4.69, 9.17) is 14.7 Å². The SMILES string of the molecule is N#Cc1cccc(NC(=O)c2cccc(C(=O)N3CCC4(CC3)OCCO4)c2)c1. The Labute approximate surface area is 168 Å². The smallest absolute Gasteiger partial charge is 0.255 e. The normalized spacial score (nSPS) is 17.7. The van der Waals surface area contributed by atoms with Gasteiger partial charge in [0.15, 0.2) is 5.79 Å². The van der Waals surface area contributed by atoms with Gasteiger partial charge in [0.2, 0.25) is 0 Å². The quantitative estimate of drug-likeness (QED) is 0.869. The predicted octanol–water partition coefficient (Wildman–Crippen LogP) is 2.79. The minimum atomic E-state index is -0.531. The van der Waals surface area contributed by atoms with Gasteiger partial charge < -0.3 is 19.7 Å². The van der Waals surface area contributed by atoms with E-state index in [-0.39, 0.29) is 11.8 Å². The molecule has 4 rings (SSSR count). The van der Waals surface area contributed by atoms with Crippen molar-refractivity contribution in [3.8, 4) is 6.07 Å². The molecule has 2 aliphatic heterocycles. The number of amides is 2. The molecule has 0 aliphatic carbocycles. The number of anilines is 1. The van der Waals surface area contributed by atoms with Crippen molar-refractivity contribution in [2.75, 3.05) is 31.6 Å². The number of nitriles is 1. The molecule has 2 aliphatic rings. The highest BCUT2D eigenvalue weighted by Crippen LogP contribution is 2.31. The highest BCUT2D eigenvalue weighted by molar-refractivity contribution is 6.06. The second kappa shape index (κ2) is 8.03. The molecule has 2 aromatic carbocycles. The monoisotopic (exact) mass is 391 g/mol. The third-order valence-electron chi connectivity index (χ3n) is 5.25. The Kier molecular flexibility index (Phi) is 5.30. The molecule has 1 N–H and O–H groups in total. The van der Waals surface area contributed by atoms with Gasteiger partial charge in [0.25, 0.3) is 11.8 Å². The topological polar surface area (TPSA) is 91.7 Å². The zero-order valence-electron chi connectivity index (χ0n) is 15.9. The van der Waals surface area contributed by atoms with Crippen LogP contribution in [0.4, 0.5) is 5.69 Å². The number of piperidine rings is 1. The molecular weight excluding hydrogens is 370 g/mol. The maximum absolute atomic E-state index is 12.9. The molecule has 0 bridgehead atoms. The van der Waals surface area contributed by atoms with Crippen LogP contribution in [-0.4, -0.2) is 48.8 Å². The van der Waals surface area contributed by atoms with Crippen LogP contribution < -0.4 is 5.32 Å². The molecule has 1 spiro atoms. The van der Waals surface area contributed by atoms with Gasteiger partial charge in [-0.3, -0.25) is 9.59 Å². The second-order valence-electron chi connectivity index (χ2n) is 7.13. The van der Waals surface area contributed by atoms with E-state index in [9.17, 15) is 9.59 Å². The van der Waals surface area contributed by atoms with Crippen molar-refractivity contribution in [3.63, 3.8) is 0 Å². The van der Waals surface area contributed by atoms with Crippen LogP contribution in [0.15, 0.2) is 48.5 Å². The number of likely N-dealkylation sites (tertiary alicyclic amines) is 1. The number of rotatable bonds is 3. The number of hydrogen-bond donors (Lipinski definition) is 1. The predicted molar refractivity (Wildman–Crippen MR) is 105 cm³/mol. The van der Waals surface area contributed by atoms with Crippen molar-refractivity contribution < 1.29 is 19.1 Å². The minimum absolute atomic E-state index is 0.112. The van der Waals surface area contributed by atoms with Gasteiger partial charge >= 0.3 is 0 Å². The summed E-state index contributed by atoms with van der Waals surface area (Å²) in [6.45, 7) is 2.30. The van der Waals surface area contributed by atoms with E-state index in [1.54, 1.807) is 53.4 Å². The summed E-state index contributed by atoms with van der Waals surface area (Å²) in [7, 11) is 0. The maximum Gasteiger partial charge on any atom is 0.255 e. The van der Waals surface area contributed by atoms with Crippen molar-refractivity contribution in [1.82, 2.24) is 4.90 Å². The van der Waals surface area contributed by atoms with E-state index in [1.165, 1.54) is 0 Å².